The van der Waals surface area contributed by atoms with Crippen LogP contribution in [0.1, 0.15) is 38.3 Å². The van der Waals surface area contributed by atoms with Crippen LogP contribution in [-0.2, 0) is 25.5 Å². The van der Waals surface area contributed by atoms with E-state index in [1.165, 1.54) is 11.3 Å². The molecular weight excluding hydrogens is 416 g/mol. The van der Waals surface area contributed by atoms with Crippen molar-refractivity contribution in [3.05, 3.63) is 60.2 Å². The van der Waals surface area contributed by atoms with Crippen LogP contribution in [0, 0.1) is 0 Å². The molecule has 1 aromatic heterocycles. The highest BCUT2D eigenvalue weighted by molar-refractivity contribution is 5.89. The fourth-order valence-corrected chi connectivity index (χ4v) is 2.93. The van der Waals surface area contributed by atoms with Gasteiger partial charge < -0.3 is 24.3 Å². The maximum Gasteiger partial charge on any atom is 0.349 e. The summed E-state index contributed by atoms with van der Waals surface area (Å²) < 4.78 is 13.0. The van der Waals surface area contributed by atoms with Gasteiger partial charge in [0.25, 0.3) is 0 Å². The number of aliphatic carboxylic acids is 2. The first-order chi connectivity index (χ1) is 15.1. The molecule has 0 bridgehead atoms. The number of carboxylic acids is 2. The molecule has 0 unspecified atom stereocenters. The zero-order chi connectivity index (χ0) is 23.7. The largest absolute Gasteiger partial charge is 0.478 e. The van der Waals surface area contributed by atoms with Crippen molar-refractivity contribution in [3.63, 3.8) is 0 Å². The van der Waals surface area contributed by atoms with Crippen LogP contribution in [0.3, 0.4) is 0 Å². The highest BCUT2D eigenvalue weighted by atomic mass is 16.6. The maximum absolute atomic E-state index is 12.0. The smallest absolute Gasteiger partial charge is 0.349 e. The molecule has 32 heavy (non-hydrogen) atoms. The number of esters is 1. The second-order valence-electron chi connectivity index (χ2n) is 7.31. The van der Waals surface area contributed by atoms with Gasteiger partial charge >= 0.3 is 17.9 Å². The first kappa shape index (κ1) is 24.4. The summed E-state index contributed by atoms with van der Waals surface area (Å²) in [6.45, 7) is 5.57. The Balaban J connectivity index is 0.000000390. The number of ether oxygens (including phenoxy) is 2. The molecule has 2 aromatic rings. The fourth-order valence-electron chi connectivity index (χ4n) is 2.93. The lowest BCUT2D eigenvalue weighted by Crippen LogP contribution is -2.39. The van der Waals surface area contributed by atoms with Gasteiger partial charge in [-0.3, -0.25) is 0 Å². The van der Waals surface area contributed by atoms with Crippen molar-refractivity contribution in [1.29, 1.82) is 0 Å². The number of rotatable bonds is 7. The topological polar surface area (TPSA) is 128 Å². The summed E-state index contributed by atoms with van der Waals surface area (Å²) in [5.41, 5.74) is 2.57. The molecule has 0 spiro atoms. The first-order valence-corrected chi connectivity index (χ1v) is 9.94. The van der Waals surface area contributed by atoms with E-state index in [-0.39, 0.29) is 5.97 Å². The monoisotopic (exact) mass is 442 g/mol. The van der Waals surface area contributed by atoms with Crippen molar-refractivity contribution in [2.75, 3.05) is 6.61 Å². The van der Waals surface area contributed by atoms with Crippen LogP contribution in [-0.4, -0.2) is 49.9 Å². The van der Waals surface area contributed by atoms with Crippen molar-refractivity contribution in [1.82, 2.24) is 9.55 Å². The van der Waals surface area contributed by atoms with Crippen molar-refractivity contribution < 1.29 is 34.1 Å². The van der Waals surface area contributed by atoms with Crippen molar-refractivity contribution in [3.8, 4) is 5.75 Å². The molecule has 1 heterocycles. The number of carboxylic acid groups (broad SMARTS) is 2. The number of imidazole rings is 1. The van der Waals surface area contributed by atoms with E-state index in [2.05, 4.69) is 17.1 Å². The summed E-state index contributed by atoms with van der Waals surface area (Å²) in [5.74, 6) is -2.22. The average molecular weight is 442 g/mol. The molecule has 1 aromatic carbocycles. The number of aromatic nitrogens is 2. The molecule has 9 heteroatoms. The van der Waals surface area contributed by atoms with E-state index in [4.69, 9.17) is 19.7 Å². The molecule has 1 aliphatic rings. The molecule has 2 N–H and O–H groups in total. The van der Waals surface area contributed by atoms with Crippen LogP contribution < -0.4 is 4.74 Å². The highest BCUT2D eigenvalue weighted by Gasteiger charge is 2.31. The number of benzene rings is 1. The van der Waals surface area contributed by atoms with Gasteiger partial charge in [0.05, 0.1) is 12.9 Å². The minimum absolute atomic E-state index is 0.340. The second kappa shape index (κ2) is 10.9. The predicted molar refractivity (Wildman–Crippen MR) is 117 cm³/mol. The SMILES string of the molecule is CCOC(=O)C(C)(C)Oc1ccc2c(c1)C=C(n1ccnc1)CC2.O=C(O)/C=C/C(=O)O. The zero-order valence-corrected chi connectivity index (χ0v) is 18.1. The second-order valence-corrected chi connectivity index (χ2v) is 7.31. The third-order valence-electron chi connectivity index (χ3n) is 4.43. The Bertz CT molecular complexity index is 1000. The Morgan fingerprint density at radius 3 is 2.41 bits per heavy atom. The van der Waals surface area contributed by atoms with Crippen LogP contribution in [0.5, 0.6) is 5.75 Å². The fraction of sp³-hybridized carbons (Fsp3) is 0.304. The van der Waals surface area contributed by atoms with Gasteiger partial charge in [0.2, 0.25) is 0 Å². The summed E-state index contributed by atoms with van der Waals surface area (Å²) in [7, 11) is 0. The zero-order valence-electron chi connectivity index (χ0n) is 18.1. The van der Waals surface area contributed by atoms with Crippen LogP contribution in [0.4, 0.5) is 0 Å². The standard InChI is InChI=1S/C19H22N2O3.C4H4O4/c1-4-23-18(22)19(2,3)24-17-8-6-14-5-7-16(11-15(14)12-17)21-10-9-20-13-21;5-3(6)1-2-4(7)8/h6,8-13H,4-5,7H2,1-3H3;1-2H,(H,5,6)(H,7,8)/b;2-1+. The minimum Gasteiger partial charge on any atom is -0.478 e. The number of fused-ring (bicyclic) bond motifs is 1. The van der Waals surface area contributed by atoms with Crippen molar-refractivity contribution >= 4 is 29.7 Å². The molecule has 0 radical (unpaired) electrons. The quantitative estimate of drug-likeness (QED) is 0.494. The summed E-state index contributed by atoms with van der Waals surface area (Å²) >= 11 is 0. The van der Waals surface area contributed by atoms with Crippen LogP contribution in [0.15, 0.2) is 49.1 Å². The normalized spacial score (nSPS) is 12.8. The predicted octanol–water partition coefficient (Wildman–Crippen LogP) is 3.26. The molecule has 0 fully saturated rings. The number of aryl methyl sites for hydroxylation is 1. The van der Waals surface area contributed by atoms with Crippen LogP contribution >= 0.6 is 0 Å². The Morgan fingerprint density at radius 2 is 1.84 bits per heavy atom. The molecule has 0 atom stereocenters. The Labute approximate surface area is 185 Å². The summed E-state index contributed by atoms with van der Waals surface area (Å²) in [6, 6.07) is 5.95. The number of carbonyl (C=O) groups excluding carboxylic acids is 1. The molecule has 0 aliphatic heterocycles. The first-order valence-electron chi connectivity index (χ1n) is 9.94. The highest BCUT2D eigenvalue weighted by Crippen LogP contribution is 2.30. The van der Waals surface area contributed by atoms with E-state index in [9.17, 15) is 14.4 Å². The number of carbonyl (C=O) groups is 3. The Kier molecular flexibility index (Phi) is 8.34. The van der Waals surface area contributed by atoms with Gasteiger partial charge in [0, 0.05) is 30.2 Å². The third-order valence-corrected chi connectivity index (χ3v) is 4.43. The lowest BCUT2D eigenvalue weighted by molar-refractivity contribution is -0.158. The van der Waals surface area contributed by atoms with Gasteiger partial charge in [-0.05, 0) is 62.9 Å². The molecule has 1 aliphatic carbocycles. The number of hydrogen-bond acceptors (Lipinski definition) is 6. The number of nitrogens with zero attached hydrogens (tertiary/aromatic N) is 2. The van der Waals surface area contributed by atoms with Gasteiger partial charge in [-0.2, -0.15) is 0 Å². The minimum atomic E-state index is -1.26. The summed E-state index contributed by atoms with van der Waals surface area (Å²) in [4.78, 5) is 35.2. The van der Waals surface area contributed by atoms with E-state index in [0.29, 0.717) is 24.5 Å². The third kappa shape index (κ3) is 7.12. The molecule has 0 saturated heterocycles. The number of allylic oxidation sites excluding steroid dienone is 1. The molecule has 0 saturated carbocycles. The molecule has 0 amide bonds. The Morgan fingerprint density at radius 1 is 1.16 bits per heavy atom. The van der Waals surface area contributed by atoms with E-state index >= 15 is 0 Å². The van der Waals surface area contributed by atoms with Gasteiger partial charge in [0.15, 0.2) is 5.60 Å². The van der Waals surface area contributed by atoms with Crippen LogP contribution in [0.25, 0.3) is 11.8 Å². The summed E-state index contributed by atoms with van der Waals surface area (Å²) in [6.07, 6.45) is 10.7. The lowest BCUT2D eigenvalue weighted by Gasteiger charge is -2.25. The molecule has 170 valence electrons. The maximum atomic E-state index is 12.0. The summed E-state index contributed by atoms with van der Waals surface area (Å²) in [5, 5.41) is 15.6. The van der Waals surface area contributed by atoms with Crippen molar-refractivity contribution in [2.24, 2.45) is 0 Å². The molecule has 9 nitrogen and oxygen atoms in total. The van der Waals surface area contributed by atoms with E-state index in [0.717, 1.165) is 18.4 Å². The average Bonchev–Trinajstić information content (AvgIpc) is 3.27. The van der Waals surface area contributed by atoms with Gasteiger partial charge in [-0.15, -0.1) is 0 Å². The van der Waals surface area contributed by atoms with E-state index in [1.807, 2.05) is 22.9 Å². The van der Waals surface area contributed by atoms with E-state index in [1.54, 1.807) is 33.3 Å². The van der Waals surface area contributed by atoms with Gasteiger partial charge in [-0.1, -0.05) is 6.07 Å². The molecule has 3 rings (SSSR count). The van der Waals surface area contributed by atoms with E-state index < -0.39 is 17.5 Å². The lowest BCUT2D eigenvalue weighted by atomic mass is 9.95. The number of hydrogen-bond donors (Lipinski definition) is 2. The van der Waals surface area contributed by atoms with Gasteiger partial charge in [0.1, 0.15) is 5.75 Å². The Hall–Kier alpha value is -3.88. The van der Waals surface area contributed by atoms with Crippen molar-refractivity contribution in [2.45, 2.75) is 39.2 Å². The van der Waals surface area contributed by atoms with Gasteiger partial charge in [-0.25, -0.2) is 19.4 Å². The van der Waals surface area contributed by atoms with Crippen LogP contribution in [0.2, 0.25) is 0 Å². The molecular formula is C23H26N2O7.